The van der Waals surface area contributed by atoms with Crippen LogP contribution in [0.5, 0.6) is 0 Å². The first-order valence-corrected chi connectivity index (χ1v) is 7.06. The van der Waals surface area contributed by atoms with Crippen LogP contribution in [-0.4, -0.2) is 25.9 Å². The van der Waals surface area contributed by atoms with E-state index >= 15 is 0 Å². The van der Waals surface area contributed by atoms with Crippen LogP contribution in [0.1, 0.15) is 35.1 Å². The summed E-state index contributed by atoms with van der Waals surface area (Å²) in [4.78, 5) is 11.5. The summed E-state index contributed by atoms with van der Waals surface area (Å²) in [7, 11) is 0. The molecular formula is C15H14F3N5O. The Morgan fingerprint density at radius 3 is 2.88 bits per heavy atom. The molecule has 0 fully saturated rings. The third-order valence-corrected chi connectivity index (χ3v) is 4.03. The molecule has 3 N–H and O–H groups in total. The van der Waals surface area contributed by atoms with Gasteiger partial charge in [0.2, 0.25) is 0 Å². The second-order valence-corrected chi connectivity index (χ2v) is 5.76. The molecule has 1 atom stereocenters. The summed E-state index contributed by atoms with van der Waals surface area (Å²) < 4.78 is 39.2. The van der Waals surface area contributed by atoms with Crippen LogP contribution >= 0.6 is 0 Å². The fourth-order valence-electron chi connectivity index (χ4n) is 2.91. The minimum absolute atomic E-state index is 0.0305. The van der Waals surface area contributed by atoms with E-state index in [4.69, 9.17) is 5.73 Å². The second kappa shape index (κ2) is 5.36. The molecule has 2 aromatic heterocycles. The van der Waals surface area contributed by atoms with Gasteiger partial charge in [-0.2, -0.15) is 14.9 Å². The predicted octanol–water partition coefficient (Wildman–Crippen LogP) is 2.48. The molecule has 0 bridgehead atoms. The van der Waals surface area contributed by atoms with Gasteiger partial charge < -0.3 is 5.73 Å². The van der Waals surface area contributed by atoms with Gasteiger partial charge in [-0.15, -0.1) is 13.2 Å². The zero-order chi connectivity index (χ0) is 17.5. The Labute approximate surface area is 134 Å². The molecule has 6 nitrogen and oxygen atoms in total. The van der Waals surface area contributed by atoms with E-state index in [9.17, 15) is 18.0 Å². The number of halogens is 3. The van der Waals surface area contributed by atoms with Crippen molar-refractivity contribution in [2.75, 3.05) is 0 Å². The molecule has 0 aromatic carbocycles. The van der Waals surface area contributed by atoms with Crippen LogP contribution in [-0.2, 0) is 11.7 Å². The summed E-state index contributed by atoms with van der Waals surface area (Å²) in [5.74, 6) is -0.673. The number of amides is 1. The van der Waals surface area contributed by atoms with Gasteiger partial charge in [0.25, 0.3) is 5.91 Å². The van der Waals surface area contributed by atoms with Crippen LogP contribution in [0.2, 0.25) is 0 Å². The van der Waals surface area contributed by atoms with E-state index in [-0.39, 0.29) is 22.5 Å². The number of carbonyl (C=O) groups excluding carboxylic acids is 1. The quantitative estimate of drug-likeness (QED) is 0.902. The number of hydrogen-bond donors (Lipinski definition) is 2. The molecule has 0 saturated heterocycles. The van der Waals surface area contributed by atoms with E-state index in [1.54, 1.807) is 12.2 Å². The number of nitrogens with one attached hydrogen (secondary N) is 1. The van der Waals surface area contributed by atoms with Gasteiger partial charge in [0.1, 0.15) is 5.69 Å². The number of primary amides is 1. The van der Waals surface area contributed by atoms with Crippen LogP contribution in [0.4, 0.5) is 13.2 Å². The Hall–Kier alpha value is -2.84. The Morgan fingerprint density at radius 1 is 1.46 bits per heavy atom. The number of aromatic nitrogens is 4. The minimum atomic E-state index is -4.61. The van der Waals surface area contributed by atoms with Crippen molar-refractivity contribution in [3.05, 3.63) is 53.6 Å². The Kier molecular flexibility index (Phi) is 3.58. The van der Waals surface area contributed by atoms with Crippen LogP contribution in [0.15, 0.2) is 36.7 Å². The minimum Gasteiger partial charge on any atom is -0.364 e. The summed E-state index contributed by atoms with van der Waals surface area (Å²) >= 11 is 0. The molecule has 1 unspecified atom stereocenters. The Morgan fingerprint density at radius 2 is 2.21 bits per heavy atom. The van der Waals surface area contributed by atoms with Crippen molar-refractivity contribution in [2.24, 2.45) is 5.73 Å². The van der Waals surface area contributed by atoms with Crippen molar-refractivity contribution < 1.29 is 18.0 Å². The van der Waals surface area contributed by atoms with E-state index in [1.807, 2.05) is 13.0 Å². The highest BCUT2D eigenvalue weighted by Gasteiger charge is 2.37. The Bertz CT molecular complexity index is 845. The number of nitrogens with zero attached hydrogens (tertiary/aromatic N) is 3. The van der Waals surface area contributed by atoms with Crippen LogP contribution < -0.4 is 5.73 Å². The zero-order valence-electron chi connectivity index (χ0n) is 12.6. The average Bonchev–Trinajstić information content (AvgIpc) is 3.16. The molecular weight excluding hydrogens is 323 g/mol. The molecule has 2 heterocycles. The van der Waals surface area contributed by atoms with Gasteiger partial charge in [-0.3, -0.25) is 9.89 Å². The van der Waals surface area contributed by atoms with Crippen molar-refractivity contribution in [3.8, 4) is 0 Å². The van der Waals surface area contributed by atoms with E-state index in [0.29, 0.717) is 11.1 Å². The highest BCUT2D eigenvalue weighted by atomic mass is 19.4. The summed E-state index contributed by atoms with van der Waals surface area (Å²) in [6.07, 6.45) is 3.27. The number of nitrogens with two attached hydrogens (primary N) is 1. The van der Waals surface area contributed by atoms with Crippen LogP contribution in [0, 0.1) is 0 Å². The summed E-state index contributed by atoms with van der Waals surface area (Å²) in [6.45, 7) is 1.81. The molecule has 3 rings (SSSR count). The van der Waals surface area contributed by atoms with Crippen LogP contribution in [0.3, 0.4) is 0 Å². The molecule has 9 heteroatoms. The lowest BCUT2D eigenvalue weighted by molar-refractivity contribution is -0.212. The van der Waals surface area contributed by atoms with Gasteiger partial charge in [0.05, 0.1) is 11.9 Å². The molecule has 0 radical (unpaired) electrons. The number of alkyl halides is 3. The predicted molar refractivity (Wildman–Crippen MR) is 79.7 cm³/mol. The number of H-pyrrole nitrogens is 1. The van der Waals surface area contributed by atoms with Gasteiger partial charge in [0.15, 0.2) is 0 Å². The monoisotopic (exact) mass is 337 g/mol. The largest absolute Gasteiger partial charge is 0.505 e. The molecule has 1 amide bonds. The van der Waals surface area contributed by atoms with Gasteiger partial charge in [-0.05, 0) is 18.1 Å². The summed E-state index contributed by atoms with van der Waals surface area (Å²) in [5, 5.41) is 9.72. The third kappa shape index (κ3) is 2.61. The summed E-state index contributed by atoms with van der Waals surface area (Å²) in [5.41, 5.74) is 5.70. The van der Waals surface area contributed by atoms with Gasteiger partial charge >= 0.3 is 6.30 Å². The number of rotatable bonds is 3. The lowest BCUT2D eigenvalue weighted by Gasteiger charge is -2.30. The number of allylic oxidation sites excluding steroid dienone is 4. The summed E-state index contributed by atoms with van der Waals surface area (Å²) in [6, 6.07) is 1.31. The normalized spacial score (nSPS) is 20.9. The maximum atomic E-state index is 13.1. The molecule has 1 aliphatic carbocycles. The molecule has 2 aromatic rings. The van der Waals surface area contributed by atoms with Crippen molar-refractivity contribution in [2.45, 2.75) is 25.1 Å². The first-order chi connectivity index (χ1) is 11.2. The molecule has 0 saturated carbocycles. The van der Waals surface area contributed by atoms with Gasteiger partial charge in [-0.25, -0.2) is 0 Å². The first kappa shape index (κ1) is 16.0. The highest BCUT2D eigenvalue weighted by Crippen LogP contribution is 2.40. The molecule has 24 heavy (non-hydrogen) atoms. The van der Waals surface area contributed by atoms with Crippen molar-refractivity contribution >= 4 is 11.5 Å². The lowest BCUT2D eigenvalue weighted by atomic mass is 9.74. The number of carbonyl (C=O) groups is 1. The smallest absolute Gasteiger partial charge is 0.364 e. The maximum Gasteiger partial charge on any atom is 0.505 e. The molecule has 126 valence electrons. The SMILES string of the molecule is CC1(c2cn[nH]c2C(N)=O)C=CC=C(c2ccnn2C(F)(F)F)C1. The molecule has 0 spiro atoms. The zero-order valence-corrected chi connectivity index (χ0v) is 12.6. The highest BCUT2D eigenvalue weighted by molar-refractivity contribution is 5.93. The Balaban J connectivity index is 2.00. The third-order valence-electron chi connectivity index (χ3n) is 4.03. The topological polar surface area (TPSA) is 89.6 Å². The lowest BCUT2D eigenvalue weighted by Crippen LogP contribution is -2.27. The van der Waals surface area contributed by atoms with Crippen molar-refractivity contribution in [1.82, 2.24) is 20.0 Å². The number of aromatic amines is 1. The van der Waals surface area contributed by atoms with Crippen molar-refractivity contribution in [3.63, 3.8) is 0 Å². The fourth-order valence-corrected chi connectivity index (χ4v) is 2.91. The molecule has 1 aliphatic rings. The van der Waals surface area contributed by atoms with E-state index in [0.717, 1.165) is 6.20 Å². The molecule has 0 aliphatic heterocycles. The van der Waals surface area contributed by atoms with Crippen LogP contribution in [0.25, 0.3) is 5.57 Å². The van der Waals surface area contributed by atoms with Crippen molar-refractivity contribution in [1.29, 1.82) is 0 Å². The first-order valence-electron chi connectivity index (χ1n) is 7.06. The maximum absolute atomic E-state index is 13.1. The van der Waals surface area contributed by atoms with Gasteiger partial charge in [0, 0.05) is 17.2 Å². The number of hydrogen-bond acceptors (Lipinski definition) is 3. The van der Waals surface area contributed by atoms with E-state index in [1.165, 1.54) is 12.3 Å². The van der Waals surface area contributed by atoms with Gasteiger partial charge in [-0.1, -0.05) is 25.2 Å². The second-order valence-electron chi connectivity index (χ2n) is 5.76. The fraction of sp³-hybridized carbons (Fsp3) is 0.267. The standard InChI is InChI=1S/C15H14F3N5O/c1-14(10-8-20-22-12(10)13(19)24)5-2-3-9(7-14)11-4-6-21-23(11)15(16,17)18/h2-6,8H,7H2,1H3,(H2,19,24)(H,20,22). The van der Waals surface area contributed by atoms with E-state index < -0.39 is 17.6 Å². The average molecular weight is 337 g/mol. The van der Waals surface area contributed by atoms with E-state index in [2.05, 4.69) is 15.3 Å².